The first kappa shape index (κ1) is 27.1. The number of ether oxygens (including phenoxy) is 4. The van der Waals surface area contributed by atoms with E-state index in [0.717, 1.165) is 16.7 Å². The van der Waals surface area contributed by atoms with E-state index >= 15 is 0 Å². The molecule has 3 fully saturated rings. The number of morpholine rings is 2. The molecule has 3 aliphatic heterocycles. The molecule has 0 saturated carbocycles. The highest BCUT2D eigenvalue weighted by Gasteiger charge is 2.33. The molecule has 0 atom stereocenters. The van der Waals surface area contributed by atoms with Crippen LogP contribution in [0, 0.1) is 0 Å². The second-order valence-electron chi connectivity index (χ2n) is 8.59. The van der Waals surface area contributed by atoms with E-state index in [1.165, 1.54) is 7.11 Å². The van der Waals surface area contributed by atoms with Gasteiger partial charge in [0.05, 0.1) is 38.4 Å². The molecule has 0 unspecified atom stereocenters. The Morgan fingerprint density at radius 3 is 2.23 bits per heavy atom. The van der Waals surface area contributed by atoms with Crippen LogP contribution in [-0.2, 0) is 19.1 Å². The standard InChI is InChI=1S/C24H26N6O7S2/c1-34-17-12-15(13-18-20(33)30(14-19(31)32)24(38)39-18)2-3-16(17)37-23-26-21(28-4-8-35-9-5-28)25-22(27-23)29-6-10-36-11-7-29/h2-3,12-13H,4-11,14H2,1H3,(H,31,32)/b18-13+. The normalized spacial score (nSPS) is 19.1. The number of carboxylic acids is 1. The summed E-state index contributed by atoms with van der Waals surface area (Å²) in [5.74, 6) is 0.185. The SMILES string of the molecule is COc1cc(/C=C2/SC(=S)N(CC(=O)O)C2=O)ccc1Oc1nc(N2CCOCC2)nc(N2CCOCC2)n1. The maximum absolute atomic E-state index is 12.6. The van der Waals surface area contributed by atoms with Crippen LogP contribution in [0.4, 0.5) is 11.9 Å². The summed E-state index contributed by atoms with van der Waals surface area (Å²) in [5, 5.41) is 9.04. The van der Waals surface area contributed by atoms with Gasteiger partial charge < -0.3 is 33.9 Å². The molecular formula is C24H26N6O7S2. The quantitative estimate of drug-likeness (QED) is 0.361. The monoisotopic (exact) mass is 574 g/mol. The number of rotatable bonds is 8. The molecule has 0 spiro atoms. The van der Waals surface area contributed by atoms with Crippen molar-refractivity contribution in [1.82, 2.24) is 19.9 Å². The van der Waals surface area contributed by atoms with E-state index in [2.05, 4.69) is 15.0 Å². The number of anilines is 2. The van der Waals surface area contributed by atoms with Crippen LogP contribution in [0.2, 0.25) is 0 Å². The summed E-state index contributed by atoms with van der Waals surface area (Å²) < 4.78 is 22.8. The van der Waals surface area contributed by atoms with E-state index in [1.807, 2.05) is 9.80 Å². The molecule has 39 heavy (non-hydrogen) atoms. The fourth-order valence-electron chi connectivity index (χ4n) is 4.07. The van der Waals surface area contributed by atoms with Gasteiger partial charge in [-0.3, -0.25) is 14.5 Å². The highest BCUT2D eigenvalue weighted by molar-refractivity contribution is 8.26. The smallest absolute Gasteiger partial charge is 0.328 e. The van der Waals surface area contributed by atoms with Crippen LogP contribution in [0.15, 0.2) is 23.1 Å². The summed E-state index contributed by atoms with van der Waals surface area (Å²) in [6.07, 6.45) is 1.63. The largest absolute Gasteiger partial charge is 0.493 e. The van der Waals surface area contributed by atoms with Crippen molar-refractivity contribution in [1.29, 1.82) is 0 Å². The Morgan fingerprint density at radius 2 is 1.67 bits per heavy atom. The summed E-state index contributed by atoms with van der Waals surface area (Å²) in [6, 6.07) is 5.25. The van der Waals surface area contributed by atoms with Crippen LogP contribution in [0.5, 0.6) is 17.5 Å². The Labute approximate surface area is 233 Å². The highest BCUT2D eigenvalue weighted by Crippen LogP contribution is 2.36. The Bertz CT molecular complexity index is 1260. The number of hydrogen-bond donors (Lipinski definition) is 1. The lowest BCUT2D eigenvalue weighted by Crippen LogP contribution is -2.40. The van der Waals surface area contributed by atoms with E-state index in [-0.39, 0.29) is 10.3 Å². The number of carbonyl (C=O) groups is 2. The van der Waals surface area contributed by atoms with E-state index in [1.54, 1.807) is 24.3 Å². The van der Waals surface area contributed by atoms with Crippen molar-refractivity contribution in [2.45, 2.75) is 0 Å². The number of amides is 1. The number of aliphatic carboxylic acids is 1. The number of thiocarbonyl (C=S) groups is 1. The van der Waals surface area contributed by atoms with Gasteiger partial charge in [-0.15, -0.1) is 0 Å². The van der Waals surface area contributed by atoms with Gasteiger partial charge in [-0.2, -0.15) is 15.0 Å². The number of carbonyl (C=O) groups excluding carboxylic acids is 1. The van der Waals surface area contributed by atoms with Crippen LogP contribution in [0.25, 0.3) is 6.08 Å². The molecule has 1 N–H and O–H groups in total. The van der Waals surface area contributed by atoms with E-state index in [9.17, 15) is 9.59 Å². The molecule has 0 bridgehead atoms. The summed E-state index contributed by atoms with van der Waals surface area (Å²) >= 11 is 6.21. The number of thioether (sulfide) groups is 1. The maximum atomic E-state index is 12.6. The number of carboxylic acid groups (broad SMARTS) is 1. The first-order valence-corrected chi connectivity index (χ1v) is 13.4. The van der Waals surface area contributed by atoms with Crippen molar-refractivity contribution in [3.8, 4) is 17.5 Å². The third kappa shape index (κ3) is 6.38. The number of nitrogens with zero attached hydrogens (tertiary/aromatic N) is 6. The molecular weight excluding hydrogens is 548 g/mol. The van der Waals surface area contributed by atoms with Gasteiger partial charge in [0.2, 0.25) is 11.9 Å². The van der Waals surface area contributed by atoms with Crippen LogP contribution in [-0.4, -0.2) is 107 Å². The molecule has 1 aromatic heterocycles. The zero-order valence-corrected chi connectivity index (χ0v) is 22.7. The molecule has 3 aliphatic rings. The summed E-state index contributed by atoms with van der Waals surface area (Å²) in [4.78, 5) is 42.9. The fraction of sp³-hybridized carbons (Fsp3) is 0.417. The lowest BCUT2D eigenvalue weighted by atomic mass is 10.2. The van der Waals surface area contributed by atoms with Gasteiger partial charge in [-0.05, 0) is 23.8 Å². The fourth-order valence-corrected chi connectivity index (χ4v) is 5.33. The molecule has 2 aromatic rings. The van der Waals surface area contributed by atoms with Gasteiger partial charge in [-0.25, -0.2) is 0 Å². The van der Waals surface area contributed by atoms with Crippen molar-refractivity contribution in [2.75, 3.05) is 76.1 Å². The summed E-state index contributed by atoms with van der Waals surface area (Å²) in [5.41, 5.74) is 0.647. The molecule has 4 heterocycles. The van der Waals surface area contributed by atoms with Gasteiger partial charge in [0.15, 0.2) is 11.5 Å². The molecule has 15 heteroatoms. The van der Waals surface area contributed by atoms with Gasteiger partial charge in [0.25, 0.3) is 5.91 Å². The van der Waals surface area contributed by atoms with E-state index < -0.39 is 18.4 Å². The number of aromatic nitrogens is 3. The first-order chi connectivity index (χ1) is 18.9. The summed E-state index contributed by atoms with van der Waals surface area (Å²) in [6.45, 7) is 4.47. The minimum absolute atomic E-state index is 0.119. The Kier molecular flexibility index (Phi) is 8.40. The topological polar surface area (TPSA) is 140 Å². The van der Waals surface area contributed by atoms with Crippen LogP contribution >= 0.6 is 24.0 Å². The predicted molar refractivity (Wildman–Crippen MR) is 146 cm³/mol. The first-order valence-electron chi connectivity index (χ1n) is 12.2. The van der Waals surface area contributed by atoms with Crippen molar-refractivity contribution in [3.63, 3.8) is 0 Å². The zero-order valence-electron chi connectivity index (χ0n) is 21.1. The summed E-state index contributed by atoms with van der Waals surface area (Å²) in [7, 11) is 1.50. The second-order valence-corrected chi connectivity index (χ2v) is 10.3. The highest BCUT2D eigenvalue weighted by atomic mass is 32.2. The molecule has 1 aromatic carbocycles. The average molecular weight is 575 g/mol. The second kappa shape index (κ2) is 12.1. The molecule has 206 valence electrons. The number of hydrogen-bond acceptors (Lipinski definition) is 13. The van der Waals surface area contributed by atoms with Gasteiger partial charge in [-0.1, -0.05) is 30.0 Å². The van der Waals surface area contributed by atoms with Crippen LogP contribution in [0.3, 0.4) is 0 Å². The zero-order chi connectivity index (χ0) is 27.4. The Balaban J connectivity index is 1.40. The number of benzene rings is 1. The van der Waals surface area contributed by atoms with Gasteiger partial charge in [0, 0.05) is 26.2 Å². The molecule has 1 amide bonds. The number of methoxy groups -OCH3 is 1. The third-order valence-corrected chi connectivity index (χ3v) is 7.41. The van der Waals surface area contributed by atoms with Crippen molar-refractivity contribution in [2.24, 2.45) is 0 Å². The van der Waals surface area contributed by atoms with Gasteiger partial charge in [0.1, 0.15) is 10.9 Å². The Morgan fingerprint density at radius 1 is 1.05 bits per heavy atom. The van der Waals surface area contributed by atoms with Crippen molar-refractivity contribution < 1.29 is 33.6 Å². The molecule has 13 nitrogen and oxygen atoms in total. The van der Waals surface area contributed by atoms with Crippen molar-refractivity contribution in [3.05, 3.63) is 28.7 Å². The van der Waals surface area contributed by atoms with E-state index in [4.69, 9.17) is 36.3 Å². The lowest BCUT2D eigenvalue weighted by molar-refractivity contribution is -0.140. The predicted octanol–water partition coefficient (Wildman–Crippen LogP) is 1.63. The average Bonchev–Trinajstić information content (AvgIpc) is 3.21. The van der Waals surface area contributed by atoms with Crippen molar-refractivity contribution >= 4 is 58.1 Å². The molecule has 5 rings (SSSR count). The molecule has 0 aliphatic carbocycles. The van der Waals surface area contributed by atoms with E-state index in [0.29, 0.717) is 86.5 Å². The van der Waals surface area contributed by atoms with Gasteiger partial charge >= 0.3 is 12.0 Å². The Hall–Kier alpha value is -3.53. The molecule has 3 saturated heterocycles. The molecule has 0 radical (unpaired) electrons. The maximum Gasteiger partial charge on any atom is 0.328 e. The minimum atomic E-state index is -1.14. The lowest BCUT2D eigenvalue weighted by Gasteiger charge is -2.30. The third-order valence-electron chi connectivity index (χ3n) is 6.03. The minimum Gasteiger partial charge on any atom is -0.493 e. The van der Waals surface area contributed by atoms with Crippen LogP contribution in [0.1, 0.15) is 5.56 Å². The van der Waals surface area contributed by atoms with Crippen LogP contribution < -0.4 is 19.3 Å².